The van der Waals surface area contributed by atoms with Gasteiger partial charge in [0, 0.05) is 21.8 Å². The molecule has 3 atom stereocenters. The van der Waals surface area contributed by atoms with Crippen LogP contribution in [0, 0.1) is 0 Å². The van der Waals surface area contributed by atoms with Crippen molar-refractivity contribution < 1.29 is 14.9 Å². The van der Waals surface area contributed by atoms with Crippen molar-refractivity contribution in [3.8, 4) is 0 Å². The van der Waals surface area contributed by atoms with Crippen molar-refractivity contribution in [3.05, 3.63) is 48.5 Å². The summed E-state index contributed by atoms with van der Waals surface area (Å²) in [6, 6.07) is 16.0. The monoisotopic (exact) mass is 283 g/mol. The van der Waals surface area contributed by atoms with Crippen LogP contribution in [0.15, 0.2) is 48.5 Å². The molecule has 0 saturated carbocycles. The van der Waals surface area contributed by atoms with Gasteiger partial charge in [0.25, 0.3) is 0 Å². The maximum absolute atomic E-state index is 10.4. The Morgan fingerprint density at radius 1 is 0.857 bits per heavy atom. The maximum atomic E-state index is 10.4. The molecule has 1 fully saturated rings. The van der Waals surface area contributed by atoms with Crippen molar-refractivity contribution in [2.75, 3.05) is 13.2 Å². The quantitative estimate of drug-likeness (QED) is 0.719. The van der Waals surface area contributed by atoms with Gasteiger partial charge in [0.1, 0.15) is 12.2 Å². The zero-order valence-corrected chi connectivity index (χ0v) is 11.5. The number of hydrogen-bond acceptors (Lipinski definition) is 3. The molecular weight excluding hydrogens is 266 g/mol. The standard InChI is InChI=1S/C17H17NO3/c19-16-10-21-9-15(17(16)20)18-13-7-3-1-5-11(13)12-6-2-4-8-14(12)18/h1-8,15-17,19-20H,9-10H2/t15?,16-,17+/m0/s1. The summed E-state index contributed by atoms with van der Waals surface area (Å²) in [5.41, 5.74) is 2.11. The van der Waals surface area contributed by atoms with Crippen LogP contribution in [-0.2, 0) is 4.74 Å². The van der Waals surface area contributed by atoms with Gasteiger partial charge in [-0.15, -0.1) is 0 Å². The fourth-order valence-corrected chi connectivity index (χ4v) is 3.30. The summed E-state index contributed by atoms with van der Waals surface area (Å²) < 4.78 is 7.55. The van der Waals surface area contributed by atoms with E-state index in [9.17, 15) is 10.2 Å². The van der Waals surface area contributed by atoms with Gasteiger partial charge in [-0.2, -0.15) is 0 Å². The first-order valence-corrected chi connectivity index (χ1v) is 7.19. The number of benzene rings is 2. The second kappa shape index (κ2) is 4.84. The highest BCUT2D eigenvalue weighted by atomic mass is 16.5. The van der Waals surface area contributed by atoms with Gasteiger partial charge in [0.05, 0.1) is 19.3 Å². The van der Waals surface area contributed by atoms with E-state index >= 15 is 0 Å². The molecule has 2 heterocycles. The highest BCUT2D eigenvalue weighted by Crippen LogP contribution is 2.34. The first-order chi connectivity index (χ1) is 10.3. The Balaban J connectivity index is 2.01. The van der Waals surface area contributed by atoms with E-state index in [2.05, 4.69) is 16.7 Å². The van der Waals surface area contributed by atoms with Crippen LogP contribution in [0.5, 0.6) is 0 Å². The van der Waals surface area contributed by atoms with Gasteiger partial charge in [0.15, 0.2) is 0 Å². The fourth-order valence-electron chi connectivity index (χ4n) is 3.30. The molecule has 2 aromatic carbocycles. The first kappa shape index (κ1) is 12.8. The number of nitrogens with zero attached hydrogens (tertiary/aromatic N) is 1. The smallest absolute Gasteiger partial charge is 0.105 e. The zero-order chi connectivity index (χ0) is 14.4. The SMILES string of the molecule is O[C@@H]1C(n2c3ccccc3c3ccccc32)COC[C@@H]1O. The normalized spacial score (nSPS) is 26.5. The van der Waals surface area contributed by atoms with Crippen LogP contribution in [0.1, 0.15) is 6.04 Å². The van der Waals surface area contributed by atoms with Crippen LogP contribution >= 0.6 is 0 Å². The van der Waals surface area contributed by atoms with E-state index in [0.29, 0.717) is 6.61 Å². The van der Waals surface area contributed by atoms with Crippen LogP contribution in [0.4, 0.5) is 0 Å². The van der Waals surface area contributed by atoms with Crippen molar-refractivity contribution in [3.63, 3.8) is 0 Å². The van der Waals surface area contributed by atoms with E-state index in [4.69, 9.17) is 4.74 Å². The molecule has 4 heteroatoms. The first-order valence-electron chi connectivity index (χ1n) is 7.19. The average Bonchev–Trinajstić information content (AvgIpc) is 2.85. The molecule has 1 unspecified atom stereocenters. The third-order valence-electron chi connectivity index (χ3n) is 4.31. The lowest BCUT2D eigenvalue weighted by Gasteiger charge is -2.33. The Hall–Kier alpha value is -1.88. The summed E-state index contributed by atoms with van der Waals surface area (Å²) >= 11 is 0. The molecule has 1 saturated heterocycles. The van der Waals surface area contributed by atoms with Crippen molar-refractivity contribution in [1.82, 2.24) is 4.57 Å². The summed E-state index contributed by atoms with van der Waals surface area (Å²) in [6.45, 7) is 0.593. The van der Waals surface area contributed by atoms with Gasteiger partial charge >= 0.3 is 0 Å². The molecule has 0 amide bonds. The molecule has 108 valence electrons. The topological polar surface area (TPSA) is 54.6 Å². The van der Waals surface area contributed by atoms with E-state index < -0.39 is 12.2 Å². The van der Waals surface area contributed by atoms with Gasteiger partial charge in [-0.25, -0.2) is 0 Å². The van der Waals surface area contributed by atoms with Gasteiger partial charge < -0.3 is 19.5 Å². The Morgan fingerprint density at radius 2 is 1.43 bits per heavy atom. The van der Waals surface area contributed by atoms with E-state index in [1.165, 1.54) is 0 Å². The van der Waals surface area contributed by atoms with Crippen LogP contribution in [0.25, 0.3) is 21.8 Å². The number of ether oxygens (including phenoxy) is 1. The Bertz CT molecular complexity index is 742. The van der Waals surface area contributed by atoms with Crippen LogP contribution < -0.4 is 0 Å². The van der Waals surface area contributed by atoms with E-state index in [0.717, 1.165) is 21.8 Å². The number of aliphatic hydroxyl groups excluding tert-OH is 2. The minimum Gasteiger partial charge on any atom is -0.388 e. The van der Waals surface area contributed by atoms with Crippen molar-refractivity contribution in [2.24, 2.45) is 0 Å². The fraction of sp³-hybridized carbons (Fsp3) is 0.294. The number of aromatic nitrogens is 1. The molecule has 1 aliphatic heterocycles. The van der Waals surface area contributed by atoms with Gasteiger partial charge in [-0.1, -0.05) is 36.4 Å². The Labute approximate surface area is 122 Å². The van der Waals surface area contributed by atoms with Gasteiger partial charge in [-0.05, 0) is 12.1 Å². The number of para-hydroxylation sites is 2. The largest absolute Gasteiger partial charge is 0.388 e. The molecule has 0 bridgehead atoms. The van der Waals surface area contributed by atoms with E-state index in [-0.39, 0.29) is 12.6 Å². The molecule has 4 rings (SSSR count). The van der Waals surface area contributed by atoms with E-state index in [1.54, 1.807) is 0 Å². The van der Waals surface area contributed by atoms with Gasteiger partial charge in [-0.3, -0.25) is 0 Å². The number of fused-ring (bicyclic) bond motifs is 3. The predicted molar refractivity (Wildman–Crippen MR) is 81.3 cm³/mol. The Morgan fingerprint density at radius 3 is 2.05 bits per heavy atom. The summed E-state index contributed by atoms with van der Waals surface area (Å²) in [5.74, 6) is 0. The summed E-state index contributed by atoms with van der Waals surface area (Å²) in [5, 5.41) is 22.6. The Kier molecular flexibility index (Phi) is 2.96. The molecule has 2 N–H and O–H groups in total. The van der Waals surface area contributed by atoms with Crippen molar-refractivity contribution >= 4 is 21.8 Å². The molecule has 21 heavy (non-hydrogen) atoms. The maximum Gasteiger partial charge on any atom is 0.105 e. The zero-order valence-electron chi connectivity index (χ0n) is 11.5. The summed E-state index contributed by atoms with van der Waals surface area (Å²) in [4.78, 5) is 0. The van der Waals surface area contributed by atoms with Gasteiger partial charge in [0.2, 0.25) is 0 Å². The lowest BCUT2D eigenvalue weighted by atomic mass is 10.0. The molecule has 4 nitrogen and oxygen atoms in total. The number of hydrogen-bond donors (Lipinski definition) is 2. The molecular formula is C17H17NO3. The third kappa shape index (κ3) is 1.87. The molecule has 0 spiro atoms. The van der Waals surface area contributed by atoms with E-state index in [1.807, 2.05) is 36.4 Å². The van der Waals surface area contributed by atoms with Crippen LogP contribution in [0.3, 0.4) is 0 Å². The van der Waals surface area contributed by atoms with Crippen molar-refractivity contribution in [1.29, 1.82) is 0 Å². The predicted octanol–water partition coefficient (Wildman–Crippen LogP) is 2.09. The number of rotatable bonds is 1. The van der Waals surface area contributed by atoms with Crippen LogP contribution in [0.2, 0.25) is 0 Å². The highest BCUT2D eigenvalue weighted by Gasteiger charge is 2.34. The molecule has 0 radical (unpaired) electrons. The molecule has 1 aromatic heterocycles. The average molecular weight is 283 g/mol. The molecule has 0 aliphatic carbocycles. The molecule has 1 aliphatic rings. The lowest BCUT2D eigenvalue weighted by molar-refractivity contribution is -0.113. The summed E-state index contributed by atoms with van der Waals surface area (Å²) in [7, 11) is 0. The highest BCUT2D eigenvalue weighted by molar-refractivity contribution is 6.08. The summed E-state index contributed by atoms with van der Waals surface area (Å²) in [6.07, 6.45) is -1.67. The second-order valence-electron chi connectivity index (χ2n) is 5.57. The minimum atomic E-state index is -0.844. The second-order valence-corrected chi connectivity index (χ2v) is 5.57. The molecule has 3 aromatic rings. The minimum absolute atomic E-state index is 0.189. The third-order valence-corrected chi connectivity index (χ3v) is 4.31. The lowest BCUT2D eigenvalue weighted by Crippen LogP contribution is -2.44. The van der Waals surface area contributed by atoms with Crippen molar-refractivity contribution in [2.45, 2.75) is 18.2 Å². The number of aliphatic hydroxyl groups is 2. The van der Waals surface area contributed by atoms with Crippen LogP contribution in [-0.4, -0.2) is 40.2 Å².